The first-order valence-electron chi connectivity index (χ1n) is 6.24. The molecule has 1 heterocycles. The maximum absolute atomic E-state index is 11.1. The van der Waals surface area contributed by atoms with E-state index in [1.54, 1.807) is 13.0 Å². The molecule has 0 aliphatic rings. The van der Waals surface area contributed by atoms with E-state index < -0.39 is 4.92 Å². The number of hydrogen-bond acceptors (Lipinski definition) is 6. The molecule has 0 radical (unpaired) electrons. The number of aromatic nitrogens is 2. The van der Waals surface area contributed by atoms with Crippen molar-refractivity contribution in [1.82, 2.24) is 9.97 Å². The van der Waals surface area contributed by atoms with Gasteiger partial charge in [-0.15, -0.1) is 0 Å². The second-order valence-electron chi connectivity index (χ2n) is 4.30. The van der Waals surface area contributed by atoms with E-state index in [0.29, 0.717) is 12.1 Å². The number of rotatable bonds is 4. The Balaban J connectivity index is 2.42. The van der Waals surface area contributed by atoms with Crippen LogP contribution in [-0.4, -0.2) is 14.9 Å². The van der Waals surface area contributed by atoms with Crippen LogP contribution in [-0.2, 0) is 6.42 Å². The molecule has 0 bridgehead atoms. The summed E-state index contributed by atoms with van der Waals surface area (Å²) in [6.45, 7) is 3.59. The summed E-state index contributed by atoms with van der Waals surface area (Å²) >= 11 is 0. The molecule has 21 heavy (non-hydrogen) atoms. The Kier molecular flexibility index (Phi) is 4.09. The third-order valence-corrected chi connectivity index (χ3v) is 2.78. The van der Waals surface area contributed by atoms with Crippen molar-refractivity contribution in [2.75, 3.05) is 0 Å². The molecule has 0 aliphatic carbocycles. The standard InChI is InChI=1S/C14H12N4O3/c1-3-10-4-5-13(12(7-10)18(19)20)21-14-16-9(2)6-11(8-15)17-14/h4-7H,3H2,1-2H3. The number of nitro benzene ring substituents is 1. The van der Waals surface area contributed by atoms with Gasteiger partial charge in [0, 0.05) is 11.8 Å². The molecule has 0 fully saturated rings. The van der Waals surface area contributed by atoms with E-state index in [1.165, 1.54) is 18.2 Å². The van der Waals surface area contributed by atoms with Crippen LogP contribution < -0.4 is 4.74 Å². The van der Waals surface area contributed by atoms with E-state index in [2.05, 4.69) is 9.97 Å². The third-order valence-electron chi connectivity index (χ3n) is 2.78. The number of benzene rings is 1. The summed E-state index contributed by atoms with van der Waals surface area (Å²) in [5.41, 5.74) is 1.37. The molecule has 0 atom stereocenters. The fraction of sp³-hybridized carbons (Fsp3) is 0.214. The first-order valence-corrected chi connectivity index (χ1v) is 6.24. The van der Waals surface area contributed by atoms with Crippen molar-refractivity contribution in [2.45, 2.75) is 20.3 Å². The fourth-order valence-corrected chi connectivity index (χ4v) is 1.75. The second kappa shape index (κ2) is 5.96. The van der Waals surface area contributed by atoms with Crippen molar-refractivity contribution in [2.24, 2.45) is 0 Å². The van der Waals surface area contributed by atoms with Crippen LogP contribution in [0.2, 0.25) is 0 Å². The average Bonchev–Trinajstić information content (AvgIpc) is 2.46. The molecule has 0 N–H and O–H groups in total. The van der Waals surface area contributed by atoms with Gasteiger partial charge in [0.2, 0.25) is 5.75 Å². The molecule has 106 valence electrons. The summed E-state index contributed by atoms with van der Waals surface area (Å²) in [5, 5.41) is 20.0. The molecule has 7 nitrogen and oxygen atoms in total. The molecule has 0 aliphatic heterocycles. The van der Waals surface area contributed by atoms with Crippen LogP contribution >= 0.6 is 0 Å². The lowest BCUT2D eigenvalue weighted by Crippen LogP contribution is -1.99. The van der Waals surface area contributed by atoms with Crippen LogP contribution in [0.3, 0.4) is 0 Å². The van der Waals surface area contributed by atoms with Crippen LogP contribution in [0.1, 0.15) is 23.9 Å². The van der Waals surface area contributed by atoms with E-state index in [0.717, 1.165) is 5.56 Å². The van der Waals surface area contributed by atoms with Gasteiger partial charge >= 0.3 is 11.7 Å². The lowest BCUT2D eigenvalue weighted by atomic mass is 10.1. The SMILES string of the molecule is CCc1ccc(Oc2nc(C)cc(C#N)n2)c([N+](=O)[O-])c1. The van der Waals surface area contributed by atoms with Crippen LogP contribution in [0.5, 0.6) is 11.8 Å². The van der Waals surface area contributed by atoms with Gasteiger partial charge in [0.1, 0.15) is 11.8 Å². The fourth-order valence-electron chi connectivity index (χ4n) is 1.75. The number of nitrogens with zero attached hydrogens (tertiary/aromatic N) is 4. The maximum atomic E-state index is 11.1. The predicted octanol–water partition coefficient (Wildman–Crippen LogP) is 2.92. The van der Waals surface area contributed by atoms with Crippen LogP contribution in [0.4, 0.5) is 5.69 Å². The lowest BCUT2D eigenvalue weighted by Gasteiger charge is -2.06. The normalized spacial score (nSPS) is 9.95. The number of aryl methyl sites for hydroxylation is 2. The Bertz CT molecular complexity index is 737. The molecule has 2 rings (SSSR count). The number of ether oxygens (including phenoxy) is 1. The summed E-state index contributed by atoms with van der Waals surface area (Å²) in [6, 6.07) is 8.00. The molecular formula is C14H12N4O3. The first kappa shape index (κ1) is 14.4. The van der Waals surface area contributed by atoms with Gasteiger partial charge in [0.05, 0.1) is 4.92 Å². The highest BCUT2D eigenvalue weighted by atomic mass is 16.6. The van der Waals surface area contributed by atoms with E-state index in [-0.39, 0.29) is 23.1 Å². The Morgan fingerprint density at radius 1 is 1.38 bits per heavy atom. The van der Waals surface area contributed by atoms with Crippen LogP contribution in [0.15, 0.2) is 24.3 Å². The summed E-state index contributed by atoms with van der Waals surface area (Å²) in [6.07, 6.45) is 0.681. The van der Waals surface area contributed by atoms with Crippen molar-refractivity contribution in [3.63, 3.8) is 0 Å². The monoisotopic (exact) mass is 284 g/mol. The van der Waals surface area contributed by atoms with Gasteiger partial charge in [-0.1, -0.05) is 13.0 Å². The first-order chi connectivity index (χ1) is 10.0. The second-order valence-corrected chi connectivity index (χ2v) is 4.30. The third kappa shape index (κ3) is 3.30. The molecular weight excluding hydrogens is 272 g/mol. The molecule has 0 spiro atoms. The summed E-state index contributed by atoms with van der Waals surface area (Å²) in [4.78, 5) is 18.5. The van der Waals surface area contributed by atoms with Gasteiger partial charge in [-0.2, -0.15) is 10.2 Å². The maximum Gasteiger partial charge on any atom is 0.323 e. The van der Waals surface area contributed by atoms with Crippen LogP contribution in [0.25, 0.3) is 0 Å². The van der Waals surface area contributed by atoms with Crippen molar-refractivity contribution in [1.29, 1.82) is 5.26 Å². The van der Waals surface area contributed by atoms with E-state index in [9.17, 15) is 10.1 Å². The molecule has 0 saturated heterocycles. The van der Waals surface area contributed by atoms with E-state index >= 15 is 0 Å². The van der Waals surface area contributed by atoms with Crippen molar-refractivity contribution >= 4 is 5.69 Å². The van der Waals surface area contributed by atoms with E-state index in [1.807, 2.05) is 13.0 Å². The largest absolute Gasteiger partial charge is 0.417 e. The Hall–Kier alpha value is -3.01. The minimum atomic E-state index is -0.518. The van der Waals surface area contributed by atoms with Gasteiger partial charge in [-0.25, -0.2) is 4.98 Å². The summed E-state index contributed by atoms with van der Waals surface area (Å²) < 4.78 is 5.38. The zero-order valence-corrected chi connectivity index (χ0v) is 11.5. The van der Waals surface area contributed by atoms with Gasteiger partial charge in [0.25, 0.3) is 0 Å². The Morgan fingerprint density at radius 3 is 2.76 bits per heavy atom. The Morgan fingerprint density at radius 2 is 2.14 bits per heavy atom. The molecule has 1 aromatic heterocycles. The van der Waals surface area contributed by atoms with Crippen molar-refractivity contribution < 1.29 is 9.66 Å². The summed E-state index contributed by atoms with van der Waals surface area (Å²) in [7, 11) is 0. The number of hydrogen-bond donors (Lipinski definition) is 0. The lowest BCUT2D eigenvalue weighted by molar-refractivity contribution is -0.385. The van der Waals surface area contributed by atoms with Crippen LogP contribution in [0, 0.1) is 28.4 Å². The highest BCUT2D eigenvalue weighted by Gasteiger charge is 2.17. The highest BCUT2D eigenvalue weighted by Crippen LogP contribution is 2.31. The molecule has 2 aromatic rings. The van der Waals surface area contributed by atoms with Gasteiger partial charge in [0.15, 0.2) is 0 Å². The predicted molar refractivity (Wildman–Crippen MR) is 74.0 cm³/mol. The number of nitro groups is 1. The zero-order valence-electron chi connectivity index (χ0n) is 11.5. The molecule has 1 aromatic carbocycles. The molecule has 0 unspecified atom stereocenters. The van der Waals surface area contributed by atoms with E-state index in [4.69, 9.17) is 10.00 Å². The zero-order chi connectivity index (χ0) is 15.4. The van der Waals surface area contributed by atoms with Gasteiger partial charge in [-0.3, -0.25) is 10.1 Å². The molecule has 0 saturated carbocycles. The minimum Gasteiger partial charge on any atom is -0.417 e. The molecule has 0 amide bonds. The average molecular weight is 284 g/mol. The summed E-state index contributed by atoms with van der Waals surface area (Å²) in [5.74, 6) is 0.0479. The minimum absolute atomic E-state index is 0.0479. The van der Waals surface area contributed by atoms with Crippen molar-refractivity contribution in [3.8, 4) is 17.8 Å². The van der Waals surface area contributed by atoms with Gasteiger partial charge in [-0.05, 0) is 31.0 Å². The highest BCUT2D eigenvalue weighted by molar-refractivity contribution is 5.49. The number of nitriles is 1. The quantitative estimate of drug-likeness (QED) is 0.631. The molecule has 7 heteroatoms. The van der Waals surface area contributed by atoms with Gasteiger partial charge < -0.3 is 4.74 Å². The smallest absolute Gasteiger partial charge is 0.323 e. The Labute approximate surface area is 121 Å². The topological polar surface area (TPSA) is 102 Å². The van der Waals surface area contributed by atoms with Crippen molar-refractivity contribution in [3.05, 3.63) is 51.3 Å².